The standard InChI is InChI=1S/C14H15F2N3S2/c15-9-5-11(16)13-12(6-9)21-14(17-13)19-7-10(8-19)18-1-3-20-4-2-18/h5-6,10H,1-4,7-8H2. The zero-order valence-corrected chi connectivity index (χ0v) is 13.0. The van der Waals surface area contributed by atoms with Gasteiger partial charge in [0.05, 0.1) is 4.70 Å². The van der Waals surface area contributed by atoms with Crippen LogP contribution in [0.15, 0.2) is 12.1 Å². The van der Waals surface area contributed by atoms with Crippen LogP contribution in [0.2, 0.25) is 0 Å². The highest BCUT2D eigenvalue weighted by Crippen LogP contribution is 2.34. The molecular weight excluding hydrogens is 312 g/mol. The number of nitrogens with zero attached hydrogens (tertiary/aromatic N) is 3. The summed E-state index contributed by atoms with van der Waals surface area (Å²) in [4.78, 5) is 9.02. The third-order valence-electron chi connectivity index (χ3n) is 4.10. The molecule has 0 N–H and O–H groups in total. The fourth-order valence-electron chi connectivity index (χ4n) is 2.87. The molecule has 2 fully saturated rings. The third-order valence-corrected chi connectivity index (χ3v) is 6.10. The maximum absolute atomic E-state index is 13.7. The van der Waals surface area contributed by atoms with Crippen LogP contribution in [0.4, 0.5) is 13.9 Å². The van der Waals surface area contributed by atoms with E-state index in [2.05, 4.69) is 14.8 Å². The van der Waals surface area contributed by atoms with E-state index in [1.807, 2.05) is 11.8 Å². The molecule has 2 aliphatic rings. The van der Waals surface area contributed by atoms with Crippen molar-refractivity contribution in [1.82, 2.24) is 9.88 Å². The summed E-state index contributed by atoms with van der Waals surface area (Å²) in [6, 6.07) is 2.84. The minimum Gasteiger partial charge on any atom is -0.345 e. The van der Waals surface area contributed by atoms with Gasteiger partial charge in [-0.1, -0.05) is 11.3 Å². The number of thiazole rings is 1. The number of hydrogen-bond donors (Lipinski definition) is 0. The van der Waals surface area contributed by atoms with Crippen molar-refractivity contribution in [3.8, 4) is 0 Å². The molecule has 0 radical (unpaired) electrons. The average Bonchev–Trinajstić information content (AvgIpc) is 2.82. The SMILES string of the molecule is Fc1cc(F)c2nc(N3CC(N4CCSCC4)C3)sc2c1. The van der Waals surface area contributed by atoms with E-state index in [9.17, 15) is 8.78 Å². The van der Waals surface area contributed by atoms with Crippen LogP contribution in [-0.4, -0.2) is 53.6 Å². The van der Waals surface area contributed by atoms with Crippen molar-refractivity contribution in [2.75, 3.05) is 42.6 Å². The van der Waals surface area contributed by atoms with Crippen molar-refractivity contribution in [2.45, 2.75) is 6.04 Å². The highest BCUT2D eigenvalue weighted by atomic mass is 32.2. The van der Waals surface area contributed by atoms with Gasteiger partial charge in [0, 0.05) is 49.8 Å². The number of benzene rings is 1. The van der Waals surface area contributed by atoms with Gasteiger partial charge < -0.3 is 4.90 Å². The van der Waals surface area contributed by atoms with E-state index in [0.717, 1.165) is 37.4 Å². The first-order valence-electron chi connectivity index (χ1n) is 7.03. The Kier molecular flexibility index (Phi) is 3.51. The largest absolute Gasteiger partial charge is 0.345 e. The maximum Gasteiger partial charge on any atom is 0.186 e. The second-order valence-electron chi connectivity index (χ2n) is 5.44. The zero-order valence-electron chi connectivity index (χ0n) is 11.4. The Morgan fingerprint density at radius 3 is 2.67 bits per heavy atom. The molecule has 1 aromatic carbocycles. The Labute approximate surface area is 129 Å². The first kappa shape index (κ1) is 13.7. The highest BCUT2D eigenvalue weighted by Gasteiger charge is 2.34. The van der Waals surface area contributed by atoms with Crippen molar-refractivity contribution in [3.05, 3.63) is 23.8 Å². The lowest BCUT2D eigenvalue weighted by Crippen LogP contribution is -2.61. The summed E-state index contributed by atoms with van der Waals surface area (Å²) in [6.45, 7) is 4.19. The topological polar surface area (TPSA) is 19.4 Å². The highest BCUT2D eigenvalue weighted by molar-refractivity contribution is 7.99. The first-order chi connectivity index (χ1) is 10.2. The van der Waals surface area contributed by atoms with Crippen molar-refractivity contribution in [3.63, 3.8) is 0 Å². The minimum absolute atomic E-state index is 0.286. The van der Waals surface area contributed by atoms with Gasteiger partial charge in [-0.05, 0) is 6.07 Å². The molecule has 2 aliphatic heterocycles. The summed E-state index contributed by atoms with van der Waals surface area (Å²) >= 11 is 3.38. The summed E-state index contributed by atoms with van der Waals surface area (Å²) in [7, 11) is 0. The molecule has 7 heteroatoms. The minimum atomic E-state index is -0.572. The summed E-state index contributed by atoms with van der Waals surface area (Å²) < 4.78 is 27.5. The van der Waals surface area contributed by atoms with Gasteiger partial charge in [-0.2, -0.15) is 11.8 Å². The summed E-state index contributed by atoms with van der Waals surface area (Å²) in [5.74, 6) is 1.31. The molecule has 0 saturated carbocycles. The van der Waals surface area contributed by atoms with Crippen LogP contribution >= 0.6 is 23.1 Å². The molecule has 2 saturated heterocycles. The lowest BCUT2D eigenvalue weighted by Gasteiger charge is -2.46. The fraction of sp³-hybridized carbons (Fsp3) is 0.500. The lowest BCUT2D eigenvalue weighted by molar-refractivity contribution is 0.183. The van der Waals surface area contributed by atoms with Crippen LogP contribution in [0, 0.1) is 11.6 Å². The van der Waals surface area contributed by atoms with E-state index in [-0.39, 0.29) is 5.52 Å². The average molecular weight is 327 g/mol. The van der Waals surface area contributed by atoms with Crippen LogP contribution in [0.1, 0.15) is 0 Å². The van der Waals surface area contributed by atoms with E-state index in [0.29, 0.717) is 10.7 Å². The van der Waals surface area contributed by atoms with Crippen molar-refractivity contribution in [2.24, 2.45) is 0 Å². The molecule has 3 heterocycles. The molecule has 4 rings (SSSR count). The van der Waals surface area contributed by atoms with Crippen LogP contribution < -0.4 is 4.90 Å². The van der Waals surface area contributed by atoms with Gasteiger partial charge in [-0.3, -0.25) is 4.90 Å². The second kappa shape index (κ2) is 5.37. The van der Waals surface area contributed by atoms with Gasteiger partial charge in [-0.25, -0.2) is 13.8 Å². The lowest BCUT2D eigenvalue weighted by atomic mass is 10.1. The smallest absolute Gasteiger partial charge is 0.186 e. The molecular formula is C14H15F2N3S2. The predicted octanol–water partition coefficient (Wildman–Crippen LogP) is 2.81. The maximum atomic E-state index is 13.7. The molecule has 21 heavy (non-hydrogen) atoms. The fourth-order valence-corrected chi connectivity index (χ4v) is 4.82. The molecule has 0 amide bonds. The van der Waals surface area contributed by atoms with Crippen LogP contribution in [0.3, 0.4) is 0 Å². The number of hydrogen-bond acceptors (Lipinski definition) is 5. The molecule has 0 spiro atoms. The molecule has 0 atom stereocenters. The number of aromatic nitrogens is 1. The van der Waals surface area contributed by atoms with Gasteiger partial charge in [0.25, 0.3) is 0 Å². The molecule has 112 valence electrons. The third kappa shape index (κ3) is 2.51. The molecule has 1 aromatic heterocycles. The van der Waals surface area contributed by atoms with E-state index in [1.165, 1.54) is 28.9 Å². The Morgan fingerprint density at radius 2 is 1.90 bits per heavy atom. The van der Waals surface area contributed by atoms with E-state index < -0.39 is 11.6 Å². The van der Waals surface area contributed by atoms with Crippen LogP contribution in [0.25, 0.3) is 10.2 Å². The number of thioether (sulfide) groups is 1. The summed E-state index contributed by atoms with van der Waals surface area (Å²) in [6.07, 6.45) is 0. The molecule has 3 nitrogen and oxygen atoms in total. The quantitative estimate of drug-likeness (QED) is 0.844. The Hall–Kier alpha value is -0.920. The summed E-state index contributed by atoms with van der Waals surface area (Å²) in [5.41, 5.74) is 0.286. The van der Waals surface area contributed by atoms with Gasteiger partial charge in [0.2, 0.25) is 0 Å². The van der Waals surface area contributed by atoms with E-state index >= 15 is 0 Å². The van der Waals surface area contributed by atoms with Gasteiger partial charge in [0.15, 0.2) is 10.9 Å². The second-order valence-corrected chi connectivity index (χ2v) is 7.67. The van der Waals surface area contributed by atoms with Crippen LogP contribution in [0.5, 0.6) is 0 Å². The Bertz CT molecular complexity index is 664. The van der Waals surface area contributed by atoms with Gasteiger partial charge in [0.1, 0.15) is 11.3 Å². The first-order valence-corrected chi connectivity index (χ1v) is 9.00. The normalized spacial score (nSPS) is 21.0. The van der Waals surface area contributed by atoms with E-state index in [4.69, 9.17) is 0 Å². The molecule has 0 aliphatic carbocycles. The van der Waals surface area contributed by atoms with Crippen molar-refractivity contribution in [1.29, 1.82) is 0 Å². The van der Waals surface area contributed by atoms with Gasteiger partial charge in [-0.15, -0.1) is 0 Å². The number of anilines is 1. The molecule has 0 bridgehead atoms. The molecule has 0 unspecified atom stereocenters. The Morgan fingerprint density at radius 1 is 1.14 bits per heavy atom. The van der Waals surface area contributed by atoms with Gasteiger partial charge >= 0.3 is 0 Å². The number of halogens is 2. The van der Waals surface area contributed by atoms with Crippen molar-refractivity contribution < 1.29 is 8.78 Å². The predicted molar refractivity (Wildman–Crippen MR) is 84.4 cm³/mol. The molecule has 2 aromatic rings. The number of rotatable bonds is 2. The Balaban J connectivity index is 1.49. The van der Waals surface area contributed by atoms with E-state index in [1.54, 1.807) is 0 Å². The number of fused-ring (bicyclic) bond motifs is 1. The van der Waals surface area contributed by atoms with Crippen LogP contribution in [-0.2, 0) is 0 Å². The zero-order chi connectivity index (χ0) is 14.4. The summed E-state index contributed by atoms with van der Waals surface area (Å²) in [5, 5.41) is 0.803. The monoisotopic (exact) mass is 327 g/mol. The van der Waals surface area contributed by atoms with Crippen molar-refractivity contribution >= 4 is 38.4 Å².